The van der Waals surface area contributed by atoms with Crippen molar-refractivity contribution in [3.05, 3.63) is 35.9 Å². The van der Waals surface area contributed by atoms with Crippen molar-refractivity contribution in [2.24, 2.45) is 11.8 Å². The summed E-state index contributed by atoms with van der Waals surface area (Å²) in [5.74, 6) is 1.70. The second-order valence-corrected chi connectivity index (χ2v) is 9.42. The van der Waals surface area contributed by atoms with Crippen molar-refractivity contribution < 1.29 is 9.53 Å². The molecule has 0 atom stereocenters. The largest absolute Gasteiger partial charge is 0.455 e. The van der Waals surface area contributed by atoms with E-state index in [-0.39, 0.29) is 11.6 Å². The number of ether oxygens (including phenoxy) is 1. The van der Waals surface area contributed by atoms with Crippen LogP contribution in [0.1, 0.15) is 114 Å². The van der Waals surface area contributed by atoms with Gasteiger partial charge in [-0.25, -0.2) is 4.79 Å². The molecule has 0 amide bonds. The summed E-state index contributed by atoms with van der Waals surface area (Å²) in [4.78, 5) is 12.7. The number of carbonyl (C=O) groups excluding carboxylic acids is 1. The molecule has 0 bridgehead atoms. The third-order valence-corrected chi connectivity index (χ3v) is 7.27. The molecule has 2 aliphatic carbocycles. The Labute approximate surface area is 172 Å². The lowest BCUT2D eigenvalue weighted by Crippen LogP contribution is -2.38. The zero-order valence-electron chi connectivity index (χ0n) is 18.0. The van der Waals surface area contributed by atoms with Crippen molar-refractivity contribution in [3.8, 4) is 0 Å². The van der Waals surface area contributed by atoms with Gasteiger partial charge in [0.2, 0.25) is 0 Å². The Bertz CT molecular complexity index is 565. The van der Waals surface area contributed by atoms with Crippen LogP contribution >= 0.6 is 0 Å². The third kappa shape index (κ3) is 6.36. The van der Waals surface area contributed by atoms with Gasteiger partial charge in [-0.1, -0.05) is 82.9 Å². The van der Waals surface area contributed by atoms with E-state index in [1.807, 2.05) is 30.3 Å². The number of carbonyl (C=O) groups is 1. The predicted molar refractivity (Wildman–Crippen MR) is 116 cm³/mol. The molecule has 2 nitrogen and oxygen atoms in total. The lowest BCUT2D eigenvalue weighted by molar-refractivity contribution is -0.0461. The molecule has 1 aromatic rings. The highest BCUT2D eigenvalue weighted by Crippen LogP contribution is 2.40. The summed E-state index contributed by atoms with van der Waals surface area (Å²) in [6.07, 6.45) is 19.3. The molecule has 0 spiro atoms. The molecule has 2 saturated carbocycles. The van der Waals surface area contributed by atoms with Crippen LogP contribution in [0, 0.1) is 11.8 Å². The summed E-state index contributed by atoms with van der Waals surface area (Å²) >= 11 is 0. The molecule has 0 aliphatic heterocycles. The standard InChI is InChI=1S/C26H40O2/c1-2-3-6-11-22-14-16-23(17-15-22)18-21-26(19-9-5-10-20-26)28-25(27)24-12-7-4-8-13-24/h4,7-8,12-13,22-23H,2-3,5-6,9-11,14-21H2,1H3. The number of hydrogen-bond acceptors (Lipinski definition) is 2. The average molecular weight is 385 g/mol. The zero-order valence-corrected chi connectivity index (χ0v) is 18.0. The molecular formula is C26H40O2. The minimum Gasteiger partial charge on any atom is -0.455 e. The Balaban J connectivity index is 1.49. The quantitative estimate of drug-likeness (QED) is 0.322. The van der Waals surface area contributed by atoms with Crippen molar-refractivity contribution in [2.75, 3.05) is 0 Å². The van der Waals surface area contributed by atoms with Gasteiger partial charge in [0.1, 0.15) is 5.60 Å². The van der Waals surface area contributed by atoms with Gasteiger partial charge < -0.3 is 4.74 Å². The van der Waals surface area contributed by atoms with Crippen LogP contribution in [-0.2, 0) is 4.74 Å². The lowest BCUT2D eigenvalue weighted by Gasteiger charge is -2.38. The van der Waals surface area contributed by atoms with E-state index in [1.165, 1.54) is 77.0 Å². The normalized spacial score (nSPS) is 24.6. The van der Waals surface area contributed by atoms with E-state index >= 15 is 0 Å². The third-order valence-electron chi connectivity index (χ3n) is 7.27. The van der Waals surface area contributed by atoms with Crippen LogP contribution in [-0.4, -0.2) is 11.6 Å². The monoisotopic (exact) mass is 384 g/mol. The van der Waals surface area contributed by atoms with Gasteiger partial charge in [0.05, 0.1) is 5.56 Å². The van der Waals surface area contributed by atoms with Crippen molar-refractivity contribution in [2.45, 2.75) is 109 Å². The molecule has 0 radical (unpaired) electrons. The van der Waals surface area contributed by atoms with E-state index in [4.69, 9.17) is 4.74 Å². The van der Waals surface area contributed by atoms with E-state index < -0.39 is 0 Å². The fraction of sp³-hybridized carbons (Fsp3) is 0.731. The van der Waals surface area contributed by atoms with Crippen LogP contribution in [0.25, 0.3) is 0 Å². The van der Waals surface area contributed by atoms with Gasteiger partial charge in [0, 0.05) is 0 Å². The molecule has 0 N–H and O–H groups in total. The molecule has 156 valence electrons. The Kier molecular flexibility index (Phi) is 8.43. The highest BCUT2D eigenvalue weighted by Gasteiger charge is 2.37. The maximum Gasteiger partial charge on any atom is 0.338 e. The fourth-order valence-electron chi connectivity index (χ4n) is 5.39. The molecular weight excluding hydrogens is 344 g/mol. The van der Waals surface area contributed by atoms with Gasteiger partial charge in [0.15, 0.2) is 0 Å². The maximum absolute atomic E-state index is 12.7. The average Bonchev–Trinajstić information content (AvgIpc) is 2.75. The topological polar surface area (TPSA) is 26.3 Å². The highest BCUT2D eigenvalue weighted by molar-refractivity contribution is 5.89. The van der Waals surface area contributed by atoms with Gasteiger partial charge in [0.25, 0.3) is 0 Å². The summed E-state index contributed by atoms with van der Waals surface area (Å²) in [6, 6.07) is 9.54. The second kappa shape index (κ2) is 11.0. The van der Waals surface area contributed by atoms with E-state index in [1.54, 1.807) is 0 Å². The summed E-state index contributed by atoms with van der Waals surface area (Å²) < 4.78 is 6.20. The minimum atomic E-state index is -0.205. The molecule has 0 aromatic heterocycles. The molecule has 2 aliphatic rings. The van der Waals surface area contributed by atoms with Gasteiger partial charge in [-0.2, -0.15) is 0 Å². The fourth-order valence-corrected chi connectivity index (χ4v) is 5.39. The molecule has 0 saturated heterocycles. The van der Waals surface area contributed by atoms with E-state index in [9.17, 15) is 4.79 Å². The lowest BCUT2D eigenvalue weighted by atomic mass is 9.74. The molecule has 28 heavy (non-hydrogen) atoms. The first kappa shape index (κ1) is 21.4. The molecule has 0 heterocycles. The SMILES string of the molecule is CCCCCC1CCC(CCC2(OC(=O)c3ccccc3)CCCCC2)CC1. The molecule has 0 unspecified atom stereocenters. The van der Waals surface area contributed by atoms with Crippen LogP contribution in [0.3, 0.4) is 0 Å². The van der Waals surface area contributed by atoms with Gasteiger partial charge >= 0.3 is 5.97 Å². The zero-order chi connectivity index (χ0) is 19.7. The molecule has 2 fully saturated rings. The van der Waals surface area contributed by atoms with Gasteiger partial charge in [-0.3, -0.25) is 0 Å². The van der Waals surface area contributed by atoms with Crippen LogP contribution in [0.5, 0.6) is 0 Å². The molecule has 2 heteroatoms. The van der Waals surface area contributed by atoms with Crippen LogP contribution in [0.4, 0.5) is 0 Å². The van der Waals surface area contributed by atoms with Gasteiger partial charge in [-0.05, 0) is 62.5 Å². The first-order chi connectivity index (χ1) is 13.7. The predicted octanol–water partition coefficient (Wildman–Crippen LogP) is 7.71. The Morgan fingerprint density at radius 1 is 0.929 bits per heavy atom. The smallest absolute Gasteiger partial charge is 0.338 e. The van der Waals surface area contributed by atoms with Crippen molar-refractivity contribution >= 4 is 5.97 Å². The van der Waals surface area contributed by atoms with Crippen molar-refractivity contribution in [1.82, 2.24) is 0 Å². The van der Waals surface area contributed by atoms with Crippen LogP contribution < -0.4 is 0 Å². The Hall–Kier alpha value is -1.31. The Morgan fingerprint density at radius 2 is 1.57 bits per heavy atom. The van der Waals surface area contributed by atoms with Crippen molar-refractivity contribution in [1.29, 1.82) is 0 Å². The van der Waals surface area contributed by atoms with E-state index in [0.717, 1.165) is 31.1 Å². The highest BCUT2D eigenvalue weighted by atomic mass is 16.6. The maximum atomic E-state index is 12.7. The Morgan fingerprint density at radius 3 is 2.21 bits per heavy atom. The summed E-state index contributed by atoms with van der Waals surface area (Å²) in [5, 5.41) is 0. The summed E-state index contributed by atoms with van der Waals surface area (Å²) in [5.41, 5.74) is 0.489. The van der Waals surface area contributed by atoms with E-state index in [2.05, 4.69) is 6.92 Å². The second-order valence-electron chi connectivity index (χ2n) is 9.42. The summed E-state index contributed by atoms with van der Waals surface area (Å²) in [7, 11) is 0. The van der Waals surface area contributed by atoms with Gasteiger partial charge in [-0.15, -0.1) is 0 Å². The first-order valence-corrected chi connectivity index (χ1v) is 12.0. The first-order valence-electron chi connectivity index (χ1n) is 12.0. The molecule has 1 aromatic carbocycles. The van der Waals surface area contributed by atoms with Crippen LogP contribution in [0.15, 0.2) is 30.3 Å². The summed E-state index contributed by atoms with van der Waals surface area (Å²) in [6.45, 7) is 2.29. The van der Waals surface area contributed by atoms with E-state index in [0.29, 0.717) is 5.56 Å². The number of unbranched alkanes of at least 4 members (excludes halogenated alkanes) is 2. The minimum absolute atomic E-state index is 0.123. The van der Waals surface area contributed by atoms with Crippen molar-refractivity contribution in [3.63, 3.8) is 0 Å². The molecule has 3 rings (SSSR count). The number of rotatable bonds is 9. The number of hydrogen-bond donors (Lipinski definition) is 0. The van der Waals surface area contributed by atoms with Crippen LogP contribution in [0.2, 0.25) is 0 Å². The number of benzene rings is 1. The number of esters is 1.